The Hall–Kier alpha value is -0.650. The minimum absolute atomic E-state index is 0.694. The van der Waals surface area contributed by atoms with E-state index in [4.69, 9.17) is 9.72 Å². The van der Waals surface area contributed by atoms with Crippen LogP contribution in [0.4, 0.5) is 5.13 Å². The number of methoxy groups -OCH3 is 1. The van der Waals surface area contributed by atoms with Gasteiger partial charge in [-0.05, 0) is 26.2 Å². The van der Waals surface area contributed by atoms with Gasteiger partial charge in [-0.3, -0.25) is 0 Å². The number of hydrogen-bond acceptors (Lipinski definition) is 5. The summed E-state index contributed by atoms with van der Waals surface area (Å²) >= 11 is 1.85. The Labute approximate surface area is 120 Å². The number of aromatic nitrogens is 1. The van der Waals surface area contributed by atoms with E-state index in [9.17, 15) is 0 Å². The number of aryl methyl sites for hydroxylation is 1. The molecule has 1 saturated heterocycles. The van der Waals surface area contributed by atoms with Gasteiger partial charge in [-0.25, -0.2) is 4.98 Å². The minimum atomic E-state index is 0.694. The molecular formula is C14H25N3OS. The highest BCUT2D eigenvalue weighted by Gasteiger charge is 2.25. The van der Waals surface area contributed by atoms with Gasteiger partial charge in [0.1, 0.15) is 0 Å². The lowest BCUT2D eigenvalue weighted by Gasteiger charge is -2.22. The zero-order valence-electron chi connectivity index (χ0n) is 12.2. The van der Waals surface area contributed by atoms with Crippen LogP contribution in [0.5, 0.6) is 0 Å². The first-order valence-electron chi connectivity index (χ1n) is 7.18. The Morgan fingerprint density at radius 2 is 2.37 bits per heavy atom. The van der Waals surface area contributed by atoms with Crippen LogP contribution >= 0.6 is 11.3 Å². The molecule has 0 radical (unpaired) electrons. The Balaban J connectivity index is 1.96. The van der Waals surface area contributed by atoms with Gasteiger partial charge in [0, 0.05) is 37.7 Å². The van der Waals surface area contributed by atoms with Crippen LogP contribution in [0.2, 0.25) is 0 Å². The molecule has 1 N–H and O–H groups in total. The van der Waals surface area contributed by atoms with Crippen molar-refractivity contribution in [2.45, 2.75) is 45.7 Å². The molecule has 2 rings (SSSR count). The zero-order valence-corrected chi connectivity index (χ0v) is 13.1. The van der Waals surface area contributed by atoms with Gasteiger partial charge >= 0.3 is 0 Å². The average Bonchev–Trinajstić information content (AvgIpc) is 3.01. The molecule has 1 unspecified atom stereocenters. The molecule has 19 heavy (non-hydrogen) atoms. The molecule has 0 spiro atoms. The molecule has 1 aliphatic heterocycles. The number of ether oxygens (including phenoxy) is 1. The van der Waals surface area contributed by atoms with Gasteiger partial charge in [0.25, 0.3) is 0 Å². The summed E-state index contributed by atoms with van der Waals surface area (Å²) in [7, 11) is 1.73. The lowest BCUT2D eigenvalue weighted by atomic mass is 10.2. The predicted octanol–water partition coefficient (Wildman–Crippen LogP) is 2.57. The number of rotatable bonds is 7. The number of nitrogens with zero attached hydrogens (tertiary/aromatic N) is 2. The first-order chi connectivity index (χ1) is 9.26. The third kappa shape index (κ3) is 3.68. The molecule has 0 bridgehead atoms. The monoisotopic (exact) mass is 283 g/mol. The van der Waals surface area contributed by atoms with Crippen molar-refractivity contribution < 1.29 is 4.74 Å². The van der Waals surface area contributed by atoms with E-state index in [0.717, 1.165) is 19.7 Å². The molecule has 1 aromatic heterocycles. The first kappa shape index (κ1) is 14.8. The van der Waals surface area contributed by atoms with E-state index in [1.165, 1.54) is 41.5 Å². The van der Waals surface area contributed by atoms with Gasteiger partial charge < -0.3 is 15.0 Å². The van der Waals surface area contributed by atoms with Crippen molar-refractivity contribution in [2.75, 3.05) is 31.7 Å². The zero-order chi connectivity index (χ0) is 13.7. The third-order valence-corrected chi connectivity index (χ3v) is 4.94. The summed E-state index contributed by atoms with van der Waals surface area (Å²) in [6.45, 7) is 8.11. The van der Waals surface area contributed by atoms with Crippen LogP contribution in [0.25, 0.3) is 0 Å². The summed E-state index contributed by atoms with van der Waals surface area (Å²) in [5, 5.41) is 4.61. The van der Waals surface area contributed by atoms with Crippen LogP contribution in [0.1, 0.15) is 36.8 Å². The predicted molar refractivity (Wildman–Crippen MR) is 81.1 cm³/mol. The molecular weight excluding hydrogens is 258 g/mol. The van der Waals surface area contributed by atoms with E-state index in [1.54, 1.807) is 7.11 Å². The third-order valence-electron chi connectivity index (χ3n) is 3.74. The summed E-state index contributed by atoms with van der Waals surface area (Å²) in [6.07, 6.45) is 3.84. The summed E-state index contributed by atoms with van der Waals surface area (Å²) < 4.78 is 5.04. The second kappa shape index (κ2) is 7.22. The average molecular weight is 283 g/mol. The maximum Gasteiger partial charge on any atom is 0.186 e. The van der Waals surface area contributed by atoms with Crippen molar-refractivity contribution in [1.29, 1.82) is 0 Å². The normalized spacial score (nSPS) is 19.3. The van der Waals surface area contributed by atoms with Gasteiger partial charge in [0.2, 0.25) is 0 Å². The maximum atomic E-state index is 5.04. The smallest absolute Gasteiger partial charge is 0.186 e. The Bertz CT molecular complexity index is 394. The highest BCUT2D eigenvalue weighted by molar-refractivity contribution is 7.15. The van der Waals surface area contributed by atoms with E-state index in [1.807, 2.05) is 11.3 Å². The molecule has 1 atom stereocenters. The van der Waals surface area contributed by atoms with E-state index in [0.29, 0.717) is 6.04 Å². The molecule has 108 valence electrons. The molecule has 5 heteroatoms. The fourth-order valence-corrected chi connectivity index (χ4v) is 3.72. The lowest BCUT2D eigenvalue weighted by Crippen LogP contribution is -2.28. The minimum Gasteiger partial charge on any atom is -0.383 e. The van der Waals surface area contributed by atoms with Gasteiger partial charge in [0.05, 0.1) is 12.3 Å². The van der Waals surface area contributed by atoms with Crippen LogP contribution in [-0.2, 0) is 11.3 Å². The molecule has 1 aliphatic rings. The highest BCUT2D eigenvalue weighted by Crippen LogP contribution is 2.32. The van der Waals surface area contributed by atoms with Gasteiger partial charge in [-0.1, -0.05) is 6.92 Å². The van der Waals surface area contributed by atoms with E-state index in [2.05, 4.69) is 24.1 Å². The molecule has 1 fully saturated rings. The van der Waals surface area contributed by atoms with Crippen molar-refractivity contribution in [2.24, 2.45) is 0 Å². The number of anilines is 1. The summed E-state index contributed by atoms with van der Waals surface area (Å²) in [5.41, 5.74) is 1.17. The molecule has 1 aromatic rings. The molecule has 0 aromatic carbocycles. The Morgan fingerprint density at radius 1 is 1.53 bits per heavy atom. The van der Waals surface area contributed by atoms with Gasteiger partial charge in [-0.15, -0.1) is 11.3 Å². The van der Waals surface area contributed by atoms with E-state index in [-0.39, 0.29) is 0 Å². The van der Waals surface area contributed by atoms with Crippen molar-refractivity contribution in [3.63, 3.8) is 0 Å². The quantitative estimate of drug-likeness (QED) is 0.781. The number of hydrogen-bond donors (Lipinski definition) is 1. The fourth-order valence-electron chi connectivity index (χ4n) is 2.59. The number of nitrogens with one attached hydrogen (secondary N) is 1. The molecule has 4 nitrogen and oxygen atoms in total. The van der Waals surface area contributed by atoms with Crippen LogP contribution in [-0.4, -0.2) is 37.8 Å². The summed E-state index contributed by atoms with van der Waals surface area (Å²) in [5.74, 6) is 0. The standard InChI is InChI=1S/C14H25N3OS/c1-4-12-6-5-8-17(12)14-16-11(2)13(19-14)10-15-7-9-18-3/h12,15H,4-10H2,1-3H3. The lowest BCUT2D eigenvalue weighted by molar-refractivity contribution is 0.199. The first-order valence-corrected chi connectivity index (χ1v) is 8.00. The second-order valence-corrected chi connectivity index (χ2v) is 6.13. The summed E-state index contributed by atoms with van der Waals surface area (Å²) in [6, 6.07) is 0.694. The maximum absolute atomic E-state index is 5.04. The largest absolute Gasteiger partial charge is 0.383 e. The van der Waals surface area contributed by atoms with Crippen molar-refractivity contribution in [1.82, 2.24) is 10.3 Å². The topological polar surface area (TPSA) is 37.4 Å². The number of thiazole rings is 1. The van der Waals surface area contributed by atoms with Crippen molar-refractivity contribution >= 4 is 16.5 Å². The highest BCUT2D eigenvalue weighted by atomic mass is 32.1. The van der Waals surface area contributed by atoms with Crippen LogP contribution in [0, 0.1) is 6.92 Å². The van der Waals surface area contributed by atoms with Crippen LogP contribution in [0.3, 0.4) is 0 Å². The molecule has 0 amide bonds. The fraction of sp³-hybridized carbons (Fsp3) is 0.786. The van der Waals surface area contributed by atoms with E-state index >= 15 is 0 Å². The molecule has 0 aliphatic carbocycles. The van der Waals surface area contributed by atoms with Gasteiger partial charge in [0.15, 0.2) is 5.13 Å². The van der Waals surface area contributed by atoms with Gasteiger partial charge in [-0.2, -0.15) is 0 Å². The molecule has 2 heterocycles. The van der Waals surface area contributed by atoms with E-state index < -0.39 is 0 Å². The van der Waals surface area contributed by atoms with Crippen molar-refractivity contribution in [3.05, 3.63) is 10.6 Å². The summed E-state index contributed by atoms with van der Waals surface area (Å²) in [4.78, 5) is 8.61. The van der Waals surface area contributed by atoms with Crippen LogP contribution in [0.15, 0.2) is 0 Å². The van der Waals surface area contributed by atoms with Crippen LogP contribution < -0.4 is 10.2 Å². The SMILES string of the molecule is CCC1CCCN1c1nc(C)c(CNCCOC)s1. The Kier molecular flexibility index (Phi) is 5.60. The van der Waals surface area contributed by atoms with Crippen molar-refractivity contribution in [3.8, 4) is 0 Å². The second-order valence-electron chi connectivity index (χ2n) is 5.07. The molecule has 0 saturated carbocycles. The Morgan fingerprint density at radius 3 is 3.11 bits per heavy atom.